The lowest BCUT2D eigenvalue weighted by molar-refractivity contribution is 0.0673. The lowest BCUT2D eigenvalue weighted by atomic mass is 10.2. The Hall–Kier alpha value is -0.770. The molecule has 1 rings (SSSR count). The van der Waals surface area contributed by atoms with Gasteiger partial charge in [0.2, 0.25) is 0 Å². The molecule has 3 N–H and O–H groups in total. The zero-order valence-corrected chi connectivity index (χ0v) is 6.91. The molecule has 0 aliphatic carbocycles. The number of amides is 1. The van der Waals surface area contributed by atoms with Crippen LogP contribution in [0.3, 0.4) is 0 Å². The minimum absolute atomic E-state index is 0.523. The molecule has 2 atom stereocenters. The maximum atomic E-state index is 8.78. The van der Waals surface area contributed by atoms with Crippen molar-refractivity contribution in [3.8, 4) is 0 Å². The predicted octanol–water partition coefficient (Wildman–Crippen LogP) is 1.20. The minimum atomic E-state index is -1.33. The standard InChI is InChI=1S/C6H12O.CH3NO2/c1-5-3-4-6(2)7-5;2-1(3)4/h5-6H,3-4H2,1-2H3;2H2,(H,3,4). The highest BCUT2D eigenvalue weighted by atomic mass is 16.5. The quantitative estimate of drug-likeness (QED) is 0.560. The molecule has 1 saturated heterocycles. The van der Waals surface area contributed by atoms with Crippen LogP contribution in [0.4, 0.5) is 4.79 Å². The maximum Gasteiger partial charge on any atom is 0.402 e. The fourth-order valence-corrected chi connectivity index (χ4v) is 1.00. The zero-order chi connectivity index (χ0) is 8.85. The van der Waals surface area contributed by atoms with Crippen molar-refractivity contribution in [2.75, 3.05) is 0 Å². The van der Waals surface area contributed by atoms with Gasteiger partial charge in [0.1, 0.15) is 0 Å². The summed E-state index contributed by atoms with van der Waals surface area (Å²) in [5, 5.41) is 7.19. The summed E-state index contributed by atoms with van der Waals surface area (Å²) in [5.74, 6) is 0. The van der Waals surface area contributed by atoms with Crippen LogP contribution in [0, 0.1) is 0 Å². The van der Waals surface area contributed by atoms with E-state index >= 15 is 0 Å². The molecule has 1 aliphatic rings. The van der Waals surface area contributed by atoms with Crippen molar-refractivity contribution < 1.29 is 14.6 Å². The summed E-state index contributed by atoms with van der Waals surface area (Å²) in [6, 6.07) is 0. The number of primary amides is 1. The first kappa shape index (κ1) is 10.2. The Labute approximate surface area is 66.3 Å². The molecular weight excluding hydrogens is 146 g/mol. The monoisotopic (exact) mass is 161 g/mol. The highest BCUT2D eigenvalue weighted by Crippen LogP contribution is 2.17. The third-order valence-electron chi connectivity index (χ3n) is 1.44. The van der Waals surface area contributed by atoms with Crippen LogP contribution in [0.15, 0.2) is 0 Å². The van der Waals surface area contributed by atoms with Gasteiger partial charge < -0.3 is 15.6 Å². The summed E-state index contributed by atoms with van der Waals surface area (Å²) in [4.78, 5) is 8.78. The van der Waals surface area contributed by atoms with Gasteiger partial charge >= 0.3 is 6.09 Å². The van der Waals surface area contributed by atoms with E-state index in [4.69, 9.17) is 14.6 Å². The first-order valence-corrected chi connectivity index (χ1v) is 3.66. The summed E-state index contributed by atoms with van der Waals surface area (Å²) in [6.45, 7) is 4.26. The van der Waals surface area contributed by atoms with Crippen LogP contribution in [-0.2, 0) is 4.74 Å². The number of rotatable bonds is 0. The molecule has 1 aliphatic heterocycles. The van der Waals surface area contributed by atoms with Gasteiger partial charge in [0, 0.05) is 0 Å². The van der Waals surface area contributed by atoms with E-state index < -0.39 is 6.09 Å². The molecule has 4 nitrogen and oxygen atoms in total. The Kier molecular flexibility index (Phi) is 4.61. The smallest absolute Gasteiger partial charge is 0.402 e. The molecule has 0 aromatic rings. The van der Waals surface area contributed by atoms with Crippen LogP contribution in [0.1, 0.15) is 26.7 Å². The minimum Gasteiger partial charge on any atom is -0.465 e. The summed E-state index contributed by atoms with van der Waals surface area (Å²) < 4.78 is 5.36. The average Bonchev–Trinajstić information content (AvgIpc) is 2.13. The molecule has 11 heavy (non-hydrogen) atoms. The van der Waals surface area contributed by atoms with E-state index in [1.54, 1.807) is 0 Å². The summed E-state index contributed by atoms with van der Waals surface area (Å²) in [7, 11) is 0. The van der Waals surface area contributed by atoms with E-state index in [9.17, 15) is 0 Å². The zero-order valence-electron chi connectivity index (χ0n) is 6.91. The molecule has 0 aromatic carbocycles. The predicted molar refractivity (Wildman–Crippen MR) is 41.5 cm³/mol. The number of nitrogens with two attached hydrogens (primary N) is 1. The molecule has 1 amide bonds. The van der Waals surface area contributed by atoms with Crippen LogP contribution in [-0.4, -0.2) is 23.4 Å². The molecule has 1 fully saturated rings. The van der Waals surface area contributed by atoms with E-state index in [1.165, 1.54) is 12.8 Å². The van der Waals surface area contributed by atoms with Crippen LogP contribution in [0.2, 0.25) is 0 Å². The van der Waals surface area contributed by atoms with E-state index in [0.717, 1.165) is 0 Å². The fourth-order valence-electron chi connectivity index (χ4n) is 1.00. The topological polar surface area (TPSA) is 72.5 Å². The largest absolute Gasteiger partial charge is 0.465 e. The van der Waals surface area contributed by atoms with E-state index in [1.807, 2.05) is 0 Å². The van der Waals surface area contributed by atoms with Crippen LogP contribution < -0.4 is 5.73 Å². The number of carbonyl (C=O) groups is 1. The lowest BCUT2D eigenvalue weighted by Gasteiger charge is -2.01. The molecule has 1 heterocycles. The average molecular weight is 161 g/mol. The second-order valence-electron chi connectivity index (χ2n) is 2.67. The van der Waals surface area contributed by atoms with Crippen molar-refractivity contribution >= 4 is 6.09 Å². The van der Waals surface area contributed by atoms with Gasteiger partial charge in [0.05, 0.1) is 12.2 Å². The first-order chi connectivity index (χ1) is 5.02. The third-order valence-corrected chi connectivity index (χ3v) is 1.44. The van der Waals surface area contributed by atoms with Crippen molar-refractivity contribution in [2.24, 2.45) is 5.73 Å². The molecule has 0 spiro atoms. The highest BCUT2D eigenvalue weighted by Gasteiger charge is 2.16. The summed E-state index contributed by atoms with van der Waals surface area (Å²) in [6.07, 6.45) is 2.22. The van der Waals surface area contributed by atoms with Gasteiger partial charge in [-0.25, -0.2) is 4.79 Å². The Bertz CT molecular complexity index is 115. The van der Waals surface area contributed by atoms with Crippen molar-refractivity contribution in [1.29, 1.82) is 0 Å². The Morgan fingerprint density at radius 3 is 1.82 bits per heavy atom. The van der Waals surface area contributed by atoms with Crippen molar-refractivity contribution in [3.05, 3.63) is 0 Å². The van der Waals surface area contributed by atoms with Crippen molar-refractivity contribution in [3.63, 3.8) is 0 Å². The Balaban J connectivity index is 0.000000218. The van der Waals surface area contributed by atoms with Gasteiger partial charge in [-0.3, -0.25) is 0 Å². The number of ether oxygens (including phenoxy) is 1. The molecule has 4 heteroatoms. The SMILES string of the molecule is CC1CCC(C)O1.NC(=O)O. The molecule has 0 aromatic heterocycles. The molecule has 0 bridgehead atoms. The van der Waals surface area contributed by atoms with Gasteiger partial charge in [-0.15, -0.1) is 0 Å². The Morgan fingerprint density at radius 2 is 1.73 bits per heavy atom. The molecule has 0 radical (unpaired) electrons. The molecule has 66 valence electrons. The maximum absolute atomic E-state index is 8.78. The van der Waals surface area contributed by atoms with Gasteiger partial charge in [-0.1, -0.05) is 0 Å². The summed E-state index contributed by atoms with van der Waals surface area (Å²) in [5.41, 5.74) is 4.03. The van der Waals surface area contributed by atoms with Crippen molar-refractivity contribution in [1.82, 2.24) is 0 Å². The van der Waals surface area contributed by atoms with Gasteiger partial charge in [0.15, 0.2) is 0 Å². The molecular formula is C7H15NO3. The van der Waals surface area contributed by atoms with E-state index in [2.05, 4.69) is 19.6 Å². The fraction of sp³-hybridized carbons (Fsp3) is 0.857. The lowest BCUT2D eigenvalue weighted by Crippen LogP contribution is -2.03. The highest BCUT2D eigenvalue weighted by molar-refractivity contribution is 5.61. The van der Waals surface area contributed by atoms with Gasteiger partial charge in [0.25, 0.3) is 0 Å². The summed E-state index contributed by atoms with van der Waals surface area (Å²) >= 11 is 0. The van der Waals surface area contributed by atoms with Crippen LogP contribution in [0.5, 0.6) is 0 Å². The van der Waals surface area contributed by atoms with Crippen LogP contribution in [0.25, 0.3) is 0 Å². The normalized spacial score (nSPS) is 28.9. The first-order valence-electron chi connectivity index (χ1n) is 3.66. The Morgan fingerprint density at radius 1 is 1.45 bits per heavy atom. The van der Waals surface area contributed by atoms with E-state index in [-0.39, 0.29) is 0 Å². The van der Waals surface area contributed by atoms with Crippen LogP contribution >= 0.6 is 0 Å². The second kappa shape index (κ2) is 4.96. The molecule has 0 saturated carbocycles. The van der Waals surface area contributed by atoms with Gasteiger partial charge in [-0.05, 0) is 26.7 Å². The van der Waals surface area contributed by atoms with Gasteiger partial charge in [-0.2, -0.15) is 0 Å². The van der Waals surface area contributed by atoms with E-state index in [0.29, 0.717) is 12.2 Å². The number of carboxylic acid groups (broad SMARTS) is 1. The number of hydrogen-bond acceptors (Lipinski definition) is 2. The van der Waals surface area contributed by atoms with Crippen molar-refractivity contribution in [2.45, 2.75) is 38.9 Å². The second-order valence-corrected chi connectivity index (χ2v) is 2.67. The third kappa shape index (κ3) is 7.12. The number of hydrogen-bond donors (Lipinski definition) is 2. The molecule has 2 unspecified atom stereocenters.